The minimum Gasteiger partial charge on any atom is -0.353 e. The summed E-state index contributed by atoms with van der Waals surface area (Å²) in [5.74, 6) is 0.198. The average Bonchev–Trinajstić information content (AvgIpc) is 2.92. The second kappa shape index (κ2) is 8.29. The van der Waals surface area contributed by atoms with Crippen LogP contribution in [-0.2, 0) is 14.8 Å². The van der Waals surface area contributed by atoms with E-state index in [9.17, 15) is 13.2 Å². The minimum atomic E-state index is -3.63. The number of nitrogens with one attached hydrogen (secondary N) is 2. The zero-order valence-corrected chi connectivity index (χ0v) is 16.1. The molecule has 1 fully saturated rings. The van der Waals surface area contributed by atoms with E-state index in [1.807, 2.05) is 19.1 Å². The van der Waals surface area contributed by atoms with Crippen molar-refractivity contribution in [2.45, 2.75) is 57.4 Å². The molecule has 140 valence electrons. The van der Waals surface area contributed by atoms with Crippen molar-refractivity contribution in [2.75, 3.05) is 13.1 Å². The van der Waals surface area contributed by atoms with E-state index >= 15 is 0 Å². The number of nitrogens with two attached hydrogens (primary N) is 1. The molecule has 0 heterocycles. The molecule has 1 aliphatic carbocycles. The van der Waals surface area contributed by atoms with E-state index < -0.39 is 10.0 Å². The molecule has 1 saturated carbocycles. The summed E-state index contributed by atoms with van der Waals surface area (Å²) in [7, 11) is -3.63. The number of hydrogen-bond acceptors (Lipinski definition) is 4. The second-order valence-electron chi connectivity index (χ2n) is 6.98. The first kappa shape index (κ1) is 19.9. The van der Waals surface area contributed by atoms with Crippen LogP contribution in [-0.4, -0.2) is 33.5 Å². The molecule has 1 amide bonds. The highest BCUT2D eigenvalue weighted by Crippen LogP contribution is 2.24. The molecule has 2 rings (SSSR count). The van der Waals surface area contributed by atoms with Crippen LogP contribution in [0.5, 0.6) is 0 Å². The molecule has 0 aromatic heterocycles. The number of amides is 1. The normalized spacial score (nSPS) is 20.6. The van der Waals surface area contributed by atoms with E-state index in [1.165, 1.54) is 0 Å². The summed E-state index contributed by atoms with van der Waals surface area (Å²) in [5, 5.41) is 2.98. The Balaban J connectivity index is 1.91. The van der Waals surface area contributed by atoms with E-state index in [0.717, 1.165) is 24.8 Å². The largest absolute Gasteiger partial charge is 0.353 e. The number of aryl methyl sites for hydroxylation is 3. The van der Waals surface area contributed by atoms with Gasteiger partial charge in [0.05, 0.1) is 4.90 Å². The lowest BCUT2D eigenvalue weighted by Crippen LogP contribution is -2.41. The molecule has 7 heteroatoms. The van der Waals surface area contributed by atoms with Crippen LogP contribution in [0.4, 0.5) is 0 Å². The van der Waals surface area contributed by atoms with Gasteiger partial charge in [-0.15, -0.1) is 0 Å². The summed E-state index contributed by atoms with van der Waals surface area (Å²) in [6.07, 6.45) is 3.18. The molecule has 2 unspecified atom stereocenters. The van der Waals surface area contributed by atoms with Crippen LogP contribution < -0.4 is 15.8 Å². The van der Waals surface area contributed by atoms with E-state index in [4.69, 9.17) is 5.73 Å². The third-order valence-electron chi connectivity index (χ3n) is 4.83. The molecule has 0 spiro atoms. The molecular weight excluding hydrogens is 338 g/mol. The van der Waals surface area contributed by atoms with Crippen molar-refractivity contribution in [2.24, 2.45) is 11.7 Å². The van der Waals surface area contributed by atoms with Crippen molar-refractivity contribution in [1.29, 1.82) is 0 Å². The summed E-state index contributed by atoms with van der Waals surface area (Å²) in [6, 6.07) is 3.82. The van der Waals surface area contributed by atoms with Gasteiger partial charge in [0, 0.05) is 19.0 Å². The molecule has 1 aromatic carbocycles. The van der Waals surface area contributed by atoms with Gasteiger partial charge in [-0.05, 0) is 57.2 Å². The monoisotopic (exact) mass is 367 g/mol. The Morgan fingerprint density at radius 3 is 2.44 bits per heavy atom. The number of carbonyl (C=O) groups excluding carboxylic acids is 1. The Labute approximate surface area is 150 Å². The summed E-state index contributed by atoms with van der Waals surface area (Å²) in [4.78, 5) is 12.4. The first-order chi connectivity index (χ1) is 11.7. The highest BCUT2D eigenvalue weighted by atomic mass is 32.2. The lowest BCUT2D eigenvalue weighted by molar-refractivity contribution is -0.121. The van der Waals surface area contributed by atoms with E-state index in [2.05, 4.69) is 10.0 Å². The smallest absolute Gasteiger partial charge is 0.241 e. The molecule has 0 saturated heterocycles. The predicted octanol–water partition coefficient (Wildman–Crippen LogP) is 1.52. The SMILES string of the molecule is Cc1cc(C)c(S(=O)(=O)NCCC(=O)NC2CCCC2CN)c(C)c1. The maximum atomic E-state index is 12.6. The third kappa shape index (κ3) is 5.03. The van der Waals surface area contributed by atoms with Gasteiger partial charge in [0.1, 0.15) is 0 Å². The van der Waals surface area contributed by atoms with Gasteiger partial charge < -0.3 is 11.1 Å². The van der Waals surface area contributed by atoms with Gasteiger partial charge in [0.2, 0.25) is 15.9 Å². The Morgan fingerprint density at radius 1 is 1.20 bits per heavy atom. The number of benzene rings is 1. The first-order valence-electron chi connectivity index (χ1n) is 8.81. The molecule has 2 atom stereocenters. The van der Waals surface area contributed by atoms with Crippen LogP contribution in [0.15, 0.2) is 17.0 Å². The summed E-state index contributed by atoms with van der Waals surface area (Å²) in [5.41, 5.74) is 8.17. The van der Waals surface area contributed by atoms with Crippen LogP contribution in [0.2, 0.25) is 0 Å². The Bertz CT molecular complexity index is 708. The van der Waals surface area contributed by atoms with Gasteiger partial charge in [-0.1, -0.05) is 24.1 Å². The Kier molecular flexibility index (Phi) is 6.59. The second-order valence-corrected chi connectivity index (χ2v) is 8.68. The Hall–Kier alpha value is -1.44. The van der Waals surface area contributed by atoms with E-state index in [0.29, 0.717) is 28.5 Å². The summed E-state index contributed by atoms with van der Waals surface area (Å²) in [6.45, 7) is 6.17. The lowest BCUT2D eigenvalue weighted by atomic mass is 10.0. The maximum absolute atomic E-state index is 12.6. The maximum Gasteiger partial charge on any atom is 0.241 e. The predicted molar refractivity (Wildman–Crippen MR) is 98.8 cm³/mol. The van der Waals surface area contributed by atoms with Crippen molar-refractivity contribution in [1.82, 2.24) is 10.0 Å². The van der Waals surface area contributed by atoms with Crippen molar-refractivity contribution in [3.63, 3.8) is 0 Å². The molecular formula is C18H29N3O3S. The molecule has 0 radical (unpaired) electrons. The van der Waals surface area contributed by atoms with Crippen molar-refractivity contribution >= 4 is 15.9 Å². The number of carbonyl (C=O) groups is 1. The highest BCUT2D eigenvalue weighted by Gasteiger charge is 2.27. The summed E-state index contributed by atoms with van der Waals surface area (Å²) >= 11 is 0. The number of sulfonamides is 1. The molecule has 1 aromatic rings. The minimum absolute atomic E-state index is 0.0843. The van der Waals surface area contributed by atoms with E-state index in [-0.39, 0.29) is 24.9 Å². The van der Waals surface area contributed by atoms with Gasteiger partial charge >= 0.3 is 0 Å². The van der Waals surface area contributed by atoms with E-state index in [1.54, 1.807) is 13.8 Å². The molecule has 1 aliphatic rings. The van der Waals surface area contributed by atoms with Crippen LogP contribution in [0.25, 0.3) is 0 Å². The fraction of sp³-hybridized carbons (Fsp3) is 0.611. The average molecular weight is 368 g/mol. The Morgan fingerprint density at radius 2 is 1.84 bits per heavy atom. The van der Waals surface area contributed by atoms with Crippen LogP contribution in [0, 0.1) is 26.7 Å². The van der Waals surface area contributed by atoms with Gasteiger partial charge in [0.15, 0.2) is 0 Å². The fourth-order valence-electron chi connectivity index (χ4n) is 3.75. The van der Waals surface area contributed by atoms with Crippen LogP contribution >= 0.6 is 0 Å². The zero-order chi connectivity index (χ0) is 18.6. The van der Waals surface area contributed by atoms with Crippen molar-refractivity contribution in [3.8, 4) is 0 Å². The molecule has 4 N–H and O–H groups in total. The van der Waals surface area contributed by atoms with Gasteiger partial charge in [-0.25, -0.2) is 13.1 Å². The topological polar surface area (TPSA) is 101 Å². The lowest BCUT2D eigenvalue weighted by Gasteiger charge is -2.19. The fourth-order valence-corrected chi connectivity index (χ4v) is 5.23. The standard InChI is InChI=1S/C18H29N3O3S/c1-12-9-13(2)18(14(3)10-12)25(23,24)20-8-7-17(22)21-16-6-4-5-15(16)11-19/h9-10,15-16,20H,4-8,11,19H2,1-3H3,(H,21,22). The van der Waals surface area contributed by atoms with Crippen molar-refractivity contribution < 1.29 is 13.2 Å². The van der Waals surface area contributed by atoms with Gasteiger partial charge in [-0.3, -0.25) is 4.79 Å². The van der Waals surface area contributed by atoms with Gasteiger partial charge in [-0.2, -0.15) is 0 Å². The molecule has 6 nitrogen and oxygen atoms in total. The van der Waals surface area contributed by atoms with Gasteiger partial charge in [0.25, 0.3) is 0 Å². The number of rotatable bonds is 7. The number of hydrogen-bond donors (Lipinski definition) is 3. The quantitative estimate of drug-likeness (QED) is 0.680. The molecule has 25 heavy (non-hydrogen) atoms. The molecule has 0 bridgehead atoms. The van der Waals surface area contributed by atoms with Crippen molar-refractivity contribution in [3.05, 3.63) is 28.8 Å². The first-order valence-corrected chi connectivity index (χ1v) is 10.3. The molecule has 0 aliphatic heterocycles. The zero-order valence-electron chi connectivity index (χ0n) is 15.3. The highest BCUT2D eigenvalue weighted by molar-refractivity contribution is 7.89. The summed E-state index contributed by atoms with van der Waals surface area (Å²) < 4.78 is 27.6. The third-order valence-corrected chi connectivity index (χ3v) is 6.59. The van der Waals surface area contributed by atoms with Crippen LogP contribution in [0.3, 0.4) is 0 Å². The van der Waals surface area contributed by atoms with Crippen LogP contribution in [0.1, 0.15) is 42.4 Å².